The number of carbonyl (C=O) groups is 1. The summed E-state index contributed by atoms with van der Waals surface area (Å²) < 4.78 is 13.6. The van der Waals surface area contributed by atoms with Crippen molar-refractivity contribution in [2.75, 3.05) is 5.75 Å². The van der Waals surface area contributed by atoms with Gasteiger partial charge in [0.15, 0.2) is 0 Å². The maximum absolute atomic E-state index is 13.0. The topological polar surface area (TPSA) is 17.1 Å². The fraction of sp³-hybridized carbons (Fsp3) is 0.133. The van der Waals surface area contributed by atoms with Crippen LogP contribution in [0.2, 0.25) is 5.02 Å². The summed E-state index contributed by atoms with van der Waals surface area (Å²) in [6.07, 6.45) is 0.286. The van der Waals surface area contributed by atoms with E-state index in [1.807, 2.05) is 18.2 Å². The molecule has 0 aliphatic rings. The van der Waals surface area contributed by atoms with Crippen LogP contribution in [0.4, 0.5) is 4.39 Å². The van der Waals surface area contributed by atoms with Crippen molar-refractivity contribution in [2.24, 2.45) is 0 Å². The predicted molar refractivity (Wildman–Crippen MR) is 85.0 cm³/mol. The number of thioether (sulfide) groups is 1. The van der Waals surface area contributed by atoms with Gasteiger partial charge >= 0.3 is 0 Å². The minimum Gasteiger partial charge on any atom is -0.298 e. The van der Waals surface area contributed by atoms with Crippen molar-refractivity contribution in [1.82, 2.24) is 0 Å². The van der Waals surface area contributed by atoms with Gasteiger partial charge in [-0.2, -0.15) is 0 Å². The Morgan fingerprint density at radius 2 is 2.05 bits per heavy atom. The molecule has 5 heteroatoms. The van der Waals surface area contributed by atoms with E-state index in [4.69, 9.17) is 11.6 Å². The van der Waals surface area contributed by atoms with Gasteiger partial charge in [-0.15, -0.1) is 11.8 Å². The highest BCUT2D eigenvalue weighted by atomic mass is 79.9. The smallest absolute Gasteiger partial charge is 0.147 e. The van der Waals surface area contributed by atoms with Gasteiger partial charge in [-0.3, -0.25) is 4.79 Å². The standard InChI is InChI=1S/C15H11BrClFOS/c16-15-8-12(18)5-4-10(15)6-13(19)9-20-14-3-1-2-11(17)7-14/h1-5,7-8H,6,9H2. The third-order valence-corrected chi connectivity index (χ3v) is 4.63. The van der Waals surface area contributed by atoms with Crippen LogP contribution < -0.4 is 0 Å². The molecule has 0 aliphatic carbocycles. The zero-order chi connectivity index (χ0) is 14.5. The second-order valence-electron chi connectivity index (χ2n) is 4.20. The number of hydrogen-bond acceptors (Lipinski definition) is 2. The van der Waals surface area contributed by atoms with Gasteiger partial charge < -0.3 is 0 Å². The Bertz CT molecular complexity index is 633. The molecule has 104 valence electrons. The van der Waals surface area contributed by atoms with Crippen LogP contribution in [0.15, 0.2) is 51.8 Å². The molecule has 0 spiro atoms. The third kappa shape index (κ3) is 4.62. The number of benzene rings is 2. The van der Waals surface area contributed by atoms with E-state index in [1.165, 1.54) is 23.9 Å². The molecule has 0 heterocycles. The number of ketones is 1. The van der Waals surface area contributed by atoms with Gasteiger partial charge in [0.1, 0.15) is 11.6 Å². The van der Waals surface area contributed by atoms with Crippen molar-refractivity contribution >= 4 is 45.1 Å². The van der Waals surface area contributed by atoms with Crippen LogP contribution in [0.1, 0.15) is 5.56 Å². The number of Topliss-reactive ketones (excluding diaryl/α,β-unsaturated/α-hetero) is 1. The summed E-state index contributed by atoms with van der Waals surface area (Å²) in [6, 6.07) is 11.7. The zero-order valence-corrected chi connectivity index (χ0v) is 13.6. The first kappa shape index (κ1) is 15.5. The molecule has 0 N–H and O–H groups in total. The molecule has 1 nitrogen and oxygen atoms in total. The highest BCUT2D eigenvalue weighted by molar-refractivity contribution is 9.10. The molecule has 0 fully saturated rings. The second-order valence-corrected chi connectivity index (χ2v) is 6.54. The van der Waals surface area contributed by atoms with E-state index in [1.54, 1.807) is 12.1 Å². The second kappa shape index (κ2) is 7.25. The van der Waals surface area contributed by atoms with E-state index in [0.29, 0.717) is 15.2 Å². The maximum atomic E-state index is 13.0. The van der Waals surface area contributed by atoms with Gasteiger partial charge in [0.05, 0.1) is 5.75 Å². The molecule has 0 aromatic heterocycles. The number of hydrogen-bond donors (Lipinski definition) is 0. The molecule has 2 aromatic rings. The van der Waals surface area contributed by atoms with Gasteiger partial charge in [-0.1, -0.05) is 39.7 Å². The van der Waals surface area contributed by atoms with Crippen molar-refractivity contribution in [3.8, 4) is 0 Å². The summed E-state index contributed by atoms with van der Waals surface area (Å²) in [5.41, 5.74) is 0.795. The van der Waals surface area contributed by atoms with Crippen LogP contribution in [-0.2, 0) is 11.2 Å². The monoisotopic (exact) mass is 372 g/mol. The summed E-state index contributed by atoms with van der Waals surface area (Å²) in [4.78, 5) is 12.9. The van der Waals surface area contributed by atoms with Crippen LogP contribution in [0, 0.1) is 5.82 Å². The fourth-order valence-corrected chi connectivity index (χ4v) is 3.21. The van der Waals surface area contributed by atoms with Gasteiger partial charge in [0.2, 0.25) is 0 Å². The van der Waals surface area contributed by atoms with Gasteiger partial charge in [-0.05, 0) is 35.9 Å². The first-order valence-corrected chi connectivity index (χ1v) is 8.04. The average molecular weight is 374 g/mol. The molecule has 2 aromatic carbocycles. The number of halogens is 3. The Morgan fingerprint density at radius 3 is 2.75 bits per heavy atom. The Kier molecular flexibility index (Phi) is 5.64. The predicted octanol–water partition coefficient (Wildman–Crippen LogP) is 5.15. The van der Waals surface area contributed by atoms with E-state index in [9.17, 15) is 9.18 Å². The van der Waals surface area contributed by atoms with Crippen LogP contribution in [0.25, 0.3) is 0 Å². The minimum atomic E-state index is -0.318. The molecule has 0 bridgehead atoms. The first-order valence-electron chi connectivity index (χ1n) is 5.88. The molecule has 0 atom stereocenters. The summed E-state index contributed by atoms with van der Waals surface area (Å²) in [5.74, 6) is 0.133. The molecule has 0 radical (unpaired) electrons. The SMILES string of the molecule is O=C(CSc1cccc(Cl)c1)Cc1ccc(F)cc1Br. The van der Waals surface area contributed by atoms with Crippen LogP contribution in [0.5, 0.6) is 0 Å². The van der Waals surface area contributed by atoms with Crippen LogP contribution in [-0.4, -0.2) is 11.5 Å². The molecule has 0 saturated carbocycles. The van der Waals surface area contributed by atoms with E-state index in [0.717, 1.165) is 10.5 Å². The summed E-state index contributed by atoms with van der Waals surface area (Å²) in [7, 11) is 0. The van der Waals surface area contributed by atoms with Crippen molar-refractivity contribution in [2.45, 2.75) is 11.3 Å². The molecule has 0 aliphatic heterocycles. The highest BCUT2D eigenvalue weighted by Crippen LogP contribution is 2.23. The van der Waals surface area contributed by atoms with Gasteiger partial charge in [0.25, 0.3) is 0 Å². The van der Waals surface area contributed by atoms with Crippen LogP contribution in [0.3, 0.4) is 0 Å². The molecular weight excluding hydrogens is 363 g/mol. The van der Waals surface area contributed by atoms with E-state index >= 15 is 0 Å². The molecule has 0 saturated heterocycles. The van der Waals surface area contributed by atoms with Gasteiger partial charge in [-0.25, -0.2) is 4.39 Å². The Hall–Kier alpha value is -0.840. The lowest BCUT2D eigenvalue weighted by Gasteiger charge is -2.05. The molecule has 0 amide bonds. The Labute approximate surface area is 134 Å². The average Bonchev–Trinajstić information content (AvgIpc) is 2.40. The molecule has 2 rings (SSSR count). The van der Waals surface area contributed by atoms with Crippen molar-refractivity contribution in [3.05, 3.63) is 63.3 Å². The van der Waals surface area contributed by atoms with Crippen LogP contribution >= 0.6 is 39.3 Å². The van der Waals surface area contributed by atoms with Crippen molar-refractivity contribution in [3.63, 3.8) is 0 Å². The molecule has 20 heavy (non-hydrogen) atoms. The highest BCUT2D eigenvalue weighted by Gasteiger charge is 2.08. The van der Waals surface area contributed by atoms with Crippen molar-refractivity contribution < 1.29 is 9.18 Å². The molecule has 0 unspecified atom stereocenters. The third-order valence-electron chi connectivity index (χ3n) is 2.60. The van der Waals surface area contributed by atoms with E-state index < -0.39 is 0 Å². The van der Waals surface area contributed by atoms with Gasteiger partial charge in [0, 0.05) is 20.8 Å². The maximum Gasteiger partial charge on any atom is 0.147 e. The number of rotatable bonds is 5. The quantitative estimate of drug-likeness (QED) is 0.675. The lowest BCUT2D eigenvalue weighted by molar-refractivity contribution is -0.116. The lowest BCUT2D eigenvalue weighted by Crippen LogP contribution is -2.06. The summed E-state index contributed by atoms with van der Waals surface area (Å²) >= 11 is 10.6. The normalized spacial score (nSPS) is 10.6. The minimum absolute atomic E-state index is 0.0854. The Morgan fingerprint density at radius 1 is 1.25 bits per heavy atom. The van der Waals surface area contributed by atoms with E-state index in [2.05, 4.69) is 15.9 Å². The first-order chi connectivity index (χ1) is 9.54. The summed E-state index contributed by atoms with van der Waals surface area (Å²) in [5, 5.41) is 0.656. The molecular formula is C15H11BrClFOS. The largest absolute Gasteiger partial charge is 0.298 e. The fourth-order valence-electron chi connectivity index (χ4n) is 1.65. The van der Waals surface area contributed by atoms with Crippen molar-refractivity contribution in [1.29, 1.82) is 0 Å². The van der Waals surface area contributed by atoms with E-state index in [-0.39, 0.29) is 18.0 Å². The Balaban J connectivity index is 1.92. The summed E-state index contributed by atoms with van der Waals surface area (Å²) in [6.45, 7) is 0. The number of carbonyl (C=O) groups excluding carboxylic acids is 1. The lowest BCUT2D eigenvalue weighted by atomic mass is 10.1. The zero-order valence-electron chi connectivity index (χ0n) is 10.4.